The van der Waals surface area contributed by atoms with Crippen molar-refractivity contribution in [3.05, 3.63) is 28.2 Å². The average molecular weight is 370 g/mol. The van der Waals surface area contributed by atoms with Crippen molar-refractivity contribution in [2.24, 2.45) is 17.6 Å². The number of benzene rings is 1. The van der Waals surface area contributed by atoms with Crippen LogP contribution in [0.25, 0.3) is 0 Å². The van der Waals surface area contributed by atoms with Gasteiger partial charge in [-0.3, -0.25) is 9.59 Å². The van der Waals surface area contributed by atoms with Crippen molar-refractivity contribution < 1.29 is 9.59 Å². The fourth-order valence-electron chi connectivity index (χ4n) is 3.24. The first-order valence-corrected chi connectivity index (χ1v) is 8.90. The van der Waals surface area contributed by atoms with Crippen LogP contribution in [0.3, 0.4) is 0 Å². The summed E-state index contributed by atoms with van der Waals surface area (Å²) in [6.45, 7) is 2.82. The molecule has 2 fully saturated rings. The van der Waals surface area contributed by atoms with E-state index in [0.29, 0.717) is 41.2 Å². The van der Waals surface area contributed by atoms with Crippen LogP contribution >= 0.6 is 23.2 Å². The molecule has 3 rings (SSSR count). The number of hydrogen-bond acceptors (Lipinski definition) is 3. The summed E-state index contributed by atoms with van der Waals surface area (Å²) in [5.41, 5.74) is 6.08. The molecule has 7 heteroatoms. The van der Waals surface area contributed by atoms with Gasteiger partial charge >= 0.3 is 0 Å². The summed E-state index contributed by atoms with van der Waals surface area (Å²) >= 11 is 11.9. The van der Waals surface area contributed by atoms with Gasteiger partial charge in [0, 0.05) is 18.8 Å². The molecular weight excluding hydrogens is 349 g/mol. The SMILES string of the molecule is CC(CN)(NC(=O)C1CCN(c2ccc(Cl)c(Cl)c2)C1=O)C1CC1. The highest BCUT2D eigenvalue weighted by Gasteiger charge is 2.45. The molecule has 2 aliphatic rings. The second-order valence-electron chi connectivity index (χ2n) is 6.81. The van der Waals surface area contributed by atoms with Crippen LogP contribution < -0.4 is 16.0 Å². The Kier molecular flexibility index (Phi) is 4.78. The lowest BCUT2D eigenvalue weighted by atomic mass is 9.94. The third-order valence-electron chi connectivity index (χ3n) is 5.05. The van der Waals surface area contributed by atoms with Gasteiger partial charge in [-0.25, -0.2) is 0 Å². The maximum Gasteiger partial charge on any atom is 0.239 e. The number of carbonyl (C=O) groups excluding carboxylic acids is 2. The highest BCUT2D eigenvalue weighted by Crippen LogP contribution is 2.39. The summed E-state index contributed by atoms with van der Waals surface area (Å²) in [7, 11) is 0. The summed E-state index contributed by atoms with van der Waals surface area (Å²) in [6.07, 6.45) is 2.63. The van der Waals surface area contributed by atoms with E-state index in [4.69, 9.17) is 28.9 Å². The summed E-state index contributed by atoms with van der Waals surface area (Å²) in [5, 5.41) is 3.83. The lowest BCUT2D eigenvalue weighted by Crippen LogP contribution is -2.55. The number of anilines is 1. The third-order valence-corrected chi connectivity index (χ3v) is 5.79. The van der Waals surface area contributed by atoms with Crippen molar-refractivity contribution >= 4 is 40.7 Å². The Balaban J connectivity index is 1.71. The molecule has 1 aromatic carbocycles. The maximum absolute atomic E-state index is 12.7. The molecule has 1 saturated heterocycles. The van der Waals surface area contributed by atoms with Crippen molar-refractivity contribution in [3.8, 4) is 0 Å². The molecule has 24 heavy (non-hydrogen) atoms. The van der Waals surface area contributed by atoms with E-state index in [-0.39, 0.29) is 11.8 Å². The van der Waals surface area contributed by atoms with Crippen LogP contribution in [-0.4, -0.2) is 30.4 Å². The van der Waals surface area contributed by atoms with Crippen molar-refractivity contribution in [1.29, 1.82) is 0 Å². The van der Waals surface area contributed by atoms with Gasteiger partial charge in [-0.05, 0) is 50.3 Å². The number of halogens is 2. The first-order chi connectivity index (χ1) is 11.4. The quantitative estimate of drug-likeness (QED) is 0.783. The minimum absolute atomic E-state index is 0.207. The molecule has 2 unspecified atom stereocenters. The van der Waals surface area contributed by atoms with Crippen LogP contribution in [0.2, 0.25) is 10.0 Å². The number of rotatable bonds is 5. The minimum atomic E-state index is -0.677. The Hall–Kier alpha value is -1.30. The van der Waals surface area contributed by atoms with Crippen molar-refractivity contribution in [2.45, 2.75) is 31.7 Å². The topological polar surface area (TPSA) is 75.4 Å². The highest BCUT2D eigenvalue weighted by atomic mass is 35.5. The molecular formula is C17H21Cl2N3O2. The zero-order chi connectivity index (χ0) is 17.5. The lowest BCUT2D eigenvalue weighted by molar-refractivity contribution is -0.133. The standard InChI is InChI=1S/C17H21Cl2N3O2/c1-17(9-20,10-2-3-10)21-15(23)12-6-7-22(16(12)24)11-4-5-13(18)14(19)8-11/h4-5,8,10,12H,2-3,6-7,9,20H2,1H3,(H,21,23). The lowest BCUT2D eigenvalue weighted by Gasteiger charge is -2.30. The molecule has 1 aliphatic carbocycles. The van der Waals surface area contributed by atoms with Crippen molar-refractivity contribution in [2.75, 3.05) is 18.0 Å². The monoisotopic (exact) mass is 369 g/mol. The molecule has 1 saturated carbocycles. The Morgan fingerprint density at radius 1 is 1.33 bits per heavy atom. The van der Waals surface area contributed by atoms with Gasteiger partial charge in [0.25, 0.3) is 0 Å². The third kappa shape index (κ3) is 3.25. The van der Waals surface area contributed by atoms with Crippen LogP contribution in [0, 0.1) is 11.8 Å². The second-order valence-corrected chi connectivity index (χ2v) is 7.63. The van der Waals surface area contributed by atoms with E-state index in [2.05, 4.69) is 5.32 Å². The van der Waals surface area contributed by atoms with Gasteiger partial charge in [0.2, 0.25) is 11.8 Å². The molecule has 2 amide bonds. The molecule has 5 nitrogen and oxygen atoms in total. The fourth-order valence-corrected chi connectivity index (χ4v) is 3.53. The molecule has 0 aromatic heterocycles. The molecule has 130 valence electrons. The molecule has 1 heterocycles. The maximum atomic E-state index is 12.7. The van der Waals surface area contributed by atoms with Crippen LogP contribution in [0.1, 0.15) is 26.2 Å². The van der Waals surface area contributed by atoms with E-state index in [9.17, 15) is 9.59 Å². The Morgan fingerprint density at radius 3 is 2.62 bits per heavy atom. The van der Waals surface area contributed by atoms with Gasteiger partial charge in [0.1, 0.15) is 5.92 Å². The largest absolute Gasteiger partial charge is 0.349 e. The van der Waals surface area contributed by atoms with Crippen LogP contribution in [0.15, 0.2) is 18.2 Å². The predicted molar refractivity (Wildman–Crippen MR) is 95.2 cm³/mol. The number of nitrogens with zero attached hydrogens (tertiary/aromatic N) is 1. The van der Waals surface area contributed by atoms with E-state index in [0.717, 1.165) is 12.8 Å². The zero-order valence-electron chi connectivity index (χ0n) is 13.5. The number of nitrogens with two attached hydrogens (primary N) is 1. The number of amides is 2. The normalized spacial score (nSPS) is 23.2. The Bertz CT molecular complexity index is 678. The van der Waals surface area contributed by atoms with Crippen molar-refractivity contribution in [3.63, 3.8) is 0 Å². The zero-order valence-corrected chi connectivity index (χ0v) is 15.0. The molecule has 0 spiro atoms. The average Bonchev–Trinajstić information content (AvgIpc) is 3.33. The fraction of sp³-hybridized carbons (Fsp3) is 0.529. The summed E-state index contributed by atoms with van der Waals surface area (Å²) < 4.78 is 0. The first-order valence-electron chi connectivity index (χ1n) is 8.14. The van der Waals surface area contributed by atoms with Gasteiger partial charge in [-0.2, -0.15) is 0 Å². The van der Waals surface area contributed by atoms with Crippen LogP contribution in [0.5, 0.6) is 0 Å². The van der Waals surface area contributed by atoms with E-state index in [1.54, 1.807) is 23.1 Å². The first kappa shape index (κ1) is 17.5. The molecule has 0 bridgehead atoms. The van der Waals surface area contributed by atoms with E-state index in [1.807, 2.05) is 6.92 Å². The smallest absolute Gasteiger partial charge is 0.239 e. The van der Waals surface area contributed by atoms with Gasteiger partial charge < -0.3 is 16.0 Å². The highest BCUT2D eigenvalue weighted by molar-refractivity contribution is 6.42. The van der Waals surface area contributed by atoms with Gasteiger partial charge in [0.05, 0.1) is 15.6 Å². The Labute approximate surface area is 151 Å². The number of hydrogen-bond donors (Lipinski definition) is 2. The van der Waals surface area contributed by atoms with E-state index in [1.165, 1.54) is 0 Å². The van der Waals surface area contributed by atoms with Crippen LogP contribution in [0.4, 0.5) is 5.69 Å². The molecule has 2 atom stereocenters. The molecule has 1 aromatic rings. The van der Waals surface area contributed by atoms with E-state index < -0.39 is 11.5 Å². The van der Waals surface area contributed by atoms with Gasteiger partial charge in [0.15, 0.2) is 0 Å². The Morgan fingerprint density at radius 2 is 2.04 bits per heavy atom. The molecule has 0 radical (unpaired) electrons. The predicted octanol–water partition coefficient (Wildman–Crippen LogP) is 2.59. The number of nitrogens with one attached hydrogen (secondary N) is 1. The summed E-state index contributed by atoms with van der Waals surface area (Å²) in [6, 6.07) is 5.04. The van der Waals surface area contributed by atoms with E-state index >= 15 is 0 Å². The molecule has 1 aliphatic heterocycles. The molecule has 3 N–H and O–H groups in total. The van der Waals surface area contributed by atoms with Gasteiger partial charge in [-0.1, -0.05) is 23.2 Å². The van der Waals surface area contributed by atoms with Crippen LogP contribution in [-0.2, 0) is 9.59 Å². The summed E-state index contributed by atoms with van der Waals surface area (Å²) in [5.74, 6) is -0.707. The summed E-state index contributed by atoms with van der Waals surface area (Å²) in [4.78, 5) is 26.8. The minimum Gasteiger partial charge on any atom is -0.349 e. The second kappa shape index (κ2) is 6.54. The van der Waals surface area contributed by atoms with Gasteiger partial charge in [-0.15, -0.1) is 0 Å². The van der Waals surface area contributed by atoms with Crippen molar-refractivity contribution in [1.82, 2.24) is 5.32 Å². The number of carbonyl (C=O) groups is 2.